The molecule has 0 saturated carbocycles. The summed E-state index contributed by atoms with van der Waals surface area (Å²) in [5.41, 5.74) is 0.817. The van der Waals surface area contributed by atoms with E-state index in [1.165, 1.54) is 23.1 Å². The van der Waals surface area contributed by atoms with Crippen molar-refractivity contribution >= 4 is 29.6 Å². The van der Waals surface area contributed by atoms with Gasteiger partial charge in [-0.25, -0.2) is 4.79 Å². The summed E-state index contributed by atoms with van der Waals surface area (Å²) in [5.74, 6) is 0.423. The number of carbonyl (C=O) groups excluding carboxylic acids is 1. The molecule has 32 heavy (non-hydrogen) atoms. The number of methoxy groups -OCH3 is 1. The summed E-state index contributed by atoms with van der Waals surface area (Å²) in [6.07, 6.45) is 5.57. The van der Waals surface area contributed by atoms with E-state index in [9.17, 15) is 14.7 Å². The molecule has 172 valence electrons. The van der Waals surface area contributed by atoms with Crippen molar-refractivity contribution in [1.29, 1.82) is 0 Å². The second kappa shape index (κ2) is 10.2. The first kappa shape index (κ1) is 22.4. The minimum absolute atomic E-state index is 0.108. The van der Waals surface area contributed by atoms with Crippen molar-refractivity contribution in [2.45, 2.75) is 49.7 Å². The summed E-state index contributed by atoms with van der Waals surface area (Å²) in [4.78, 5) is 28.2. The third kappa shape index (κ3) is 4.69. The highest BCUT2D eigenvalue weighted by molar-refractivity contribution is 7.99. The minimum atomic E-state index is -0.937. The number of hydrogen-bond donors (Lipinski definition) is 1. The lowest BCUT2D eigenvalue weighted by Crippen LogP contribution is -2.48. The molecule has 1 atom stereocenters. The van der Waals surface area contributed by atoms with E-state index in [1.807, 2.05) is 28.8 Å². The first-order valence-electron chi connectivity index (χ1n) is 11.1. The lowest BCUT2D eigenvalue weighted by atomic mass is 10.0. The maximum absolute atomic E-state index is 12.9. The Morgan fingerprint density at radius 1 is 1.09 bits per heavy atom. The first-order valence-corrected chi connectivity index (χ1v) is 12.1. The molecule has 1 amide bonds. The number of benzene rings is 1. The third-order valence-corrected chi connectivity index (χ3v) is 6.93. The predicted octanol–water partition coefficient (Wildman–Crippen LogP) is 2.82. The second-order valence-electron chi connectivity index (χ2n) is 8.06. The standard InChI is InChI=1S/C22H29N5O4S/c1-31-18-11-4-3-9-16(18)27-21(25-12-6-2-7-13-25)23-24-22(27)32-15-19(28)26-14-8-5-10-17(26)20(29)30/h3-4,9,11,17H,2,5-8,10,12-15H2,1H3,(H,29,30)/t17-/m0/s1. The van der Waals surface area contributed by atoms with Gasteiger partial charge in [-0.05, 0) is 50.7 Å². The maximum atomic E-state index is 12.9. The highest BCUT2D eigenvalue weighted by Crippen LogP contribution is 2.33. The average molecular weight is 460 g/mol. The molecule has 2 saturated heterocycles. The Morgan fingerprint density at radius 3 is 2.59 bits per heavy atom. The van der Waals surface area contributed by atoms with Crippen LogP contribution in [0.5, 0.6) is 5.75 Å². The number of carboxylic acid groups (broad SMARTS) is 1. The van der Waals surface area contributed by atoms with Crippen molar-refractivity contribution in [2.75, 3.05) is 37.4 Å². The number of aromatic nitrogens is 3. The van der Waals surface area contributed by atoms with Crippen LogP contribution in [0.15, 0.2) is 29.4 Å². The molecule has 1 aromatic carbocycles. The van der Waals surface area contributed by atoms with Crippen LogP contribution in [0.4, 0.5) is 5.95 Å². The van der Waals surface area contributed by atoms with Gasteiger partial charge < -0.3 is 19.6 Å². The maximum Gasteiger partial charge on any atom is 0.326 e. The molecule has 2 aliphatic heterocycles. The minimum Gasteiger partial charge on any atom is -0.495 e. The van der Waals surface area contributed by atoms with Crippen molar-refractivity contribution in [1.82, 2.24) is 19.7 Å². The van der Waals surface area contributed by atoms with Gasteiger partial charge in [-0.2, -0.15) is 0 Å². The number of anilines is 1. The van der Waals surface area contributed by atoms with E-state index in [0.717, 1.165) is 50.4 Å². The number of ether oxygens (including phenoxy) is 1. The number of carboxylic acids is 1. The van der Waals surface area contributed by atoms with Crippen LogP contribution in [-0.2, 0) is 9.59 Å². The van der Waals surface area contributed by atoms with Gasteiger partial charge in [0.25, 0.3) is 0 Å². The van der Waals surface area contributed by atoms with Gasteiger partial charge in [0.15, 0.2) is 5.16 Å². The fraction of sp³-hybridized carbons (Fsp3) is 0.545. The van der Waals surface area contributed by atoms with Crippen LogP contribution in [0.1, 0.15) is 38.5 Å². The summed E-state index contributed by atoms with van der Waals surface area (Å²) in [6, 6.07) is 6.94. The first-order chi connectivity index (χ1) is 15.6. The Balaban J connectivity index is 1.60. The van der Waals surface area contributed by atoms with E-state index in [0.29, 0.717) is 23.9 Å². The van der Waals surface area contributed by atoms with Crippen LogP contribution < -0.4 is 9.64 Å². The molecular weight excluding hydrogens is 430 g/mol. The molecule has 1 aromatic heterocycles. The molecule has 4 rings (SSSR count). The Kier molecular flexibility index (Phi) is 7.19. The number of para-hydroxylation sites is 2. The van der Waals surface area contributed by atoms with Crippen molar-refractivity contribution in [2.24, 2.45) is 0 Å². The van der Waals surface area contributed by atoms with E-state index >= 15 is 0 Å². The molecule has 10 heteroatoms. The Morgan fingerprint density at radius 2 is 1.84 bits per heavy atom. The Labute approximate surface area is 191 Å². The molecule has 0 aliphatic carbocycles. The van der Waals surface area contributed by atoms with Crippen LogP contribution in [0.25, 0.3) is 5.69 Å². The molecule has 2 aromatic rings. The SMILES string of the molecule is COc1ccccc1-n1c(SCC(=O)N2CCCC[C@H]2C(=O)O)nnc1N1CCCCC1. The molecule has 3 heterocycles. The number of carbonyl (C=O) groups is 2. The molecule has 0 bridgehead atoms. The quantitative estimate of drug-likeness (QED) is 0.631. The fourth-order valence-electron chi connectivity index (χ4n) is 4.38. The van der Waals surface area contributed by atoms with Gasteiger partial charge in [0, 0.05) is 19.6 Å². The monoisotopic (exact) mass is 459 g/mol. The molecule has 9 nitrogen and oxygen atoms in total. The molecule has 2 fully saturated rings. The summed E-state index contributed by atoms with van der Waals surface area (Å²) >= 11 is 1.28. The molecule has 2 aliphatic rings. The summed E-state index contributed by atoms with van der Waals surface area (Å²) in [5, 5.41) is 19.0. The van der Waals surface area contributed by atoms with Gasteiger partial charge in [0.2, 0.25) is 11.9 Å². The van der Waals surface area contributed by atoms with Crippen LogP contribution in [-0.4, -0.2) is 75.2 Å². The van der Waals surface area contributed by atoms with E-state index in [2.05, 4.69) is 15.1 Å². The number of piperidine rings is 2. The zero-order valence-corrected chi connectivity index (χ0v) is 19.1. The van der Waals surface area contributed by atoms with Gasteiger partial charge >= 0.3 is 5.97 Å². The van der Waals surface area contributed by atoms with E-state index in [-0.39, 0.29) is 11.7 Å². The third-order valence-electron chi connectivity index (χ3n) is 6.01. The predicted molar refractivity (Wildman–Crippen MR) is 122 cm³/mol. The largest absolute Gasteiger partial charge is 0.495 e. The number of likely N-dealkylation sites (tertiary alicyclic amines) is 1. The van der Waals surface area contributed by atoms with Gasteiger partial charge in [0.05, 0.1) is 18.6 Å². The Bertz CT molecular complexity index is 960. The molecule has 1 N–H and O–H groups in total. The molecule has 0 spiro atoms. The van der Waals surface area contributed by atoms with E-state index in [1.54, 1.807) is 7.11 Å². The van der Waals surface area contributed by atoms with Crippen LogP contribution in [0, 0.1) is 0 Å². The summed E-state index contributed by atoms with van der Waals surface area (Å²) in [6.45, 7) is 2.30. The zero-order valence-electron chi connectivity index (χ0n) is 18.3. The van der Waals surface area contributed by atoms with Gasteiger partial charge in [-0.3, -0.25) is 9.36 Å². The number of amides is 1. The second-order valence-corrected chi connectivity index (χ2v) is 9.01. The lowest BCUT2D eigenvalue weighted by Gasteiger charge is -2.32. The topological polar surface area (TPSA) is 101 Å². The fourth-order valence-corrected chi connectivity index (χ4v) is 5.20. The van der Waals surface area contributed by atoms with Gasteiger partial charge in [0.1, 0.15) is 11.8 Å². The molecular formula is C22H29N5O4S. The van der Waals surface area contributed by atoms with E-state index < -0.39 is 12.0 Å². The highest BCUT2D eigenvalue weighted by Gasteiger charge is 2.32. The number of hydrogen-bond acceptors (Lipinski definition) is 7. The van der Waals surface area contributed by atoms with Gasteiger partial charge in [-0.1, -0.05) is 23.9 Å². The van der Waals surface area contributed by atoms with Crippen LogP contribution >= 0.6 is 11.8 Å². The number of rotatable bonds is 7. The van der Waals surface area contributed by atoms with Crippen molar-refractivity contribution in [3.8, 4) is 11.4 Å². The normalized spacial score (nSPS) is 19.1. The van der Waals surface area contributed by atoms with Crippen molar-refractivity contribution in [3.63, 3.8) is 0 Å². The van der Waals surface area contributed by atoms with E-state index in [4.69, 9.17) is 4.74 Å². The number of aliphatic carboxylic acids is 1. The number of thioether (sulfide) groups is 1. The Hall–Kier alpha value is -2.75. The number of nitrogens with zero attached hydrogens (tertiary/aromatic N) is 5. The zero-order chi connectivity index (χ0) is 22.5. The van der Waals surface area contributed by atoms with Crippen LogP contribution in [0.3, 0.4) is 0 Å². The van der Waals surface area contributed by atoms with Crippen molar-refractivity contribution < 1.29 is 19.4 Å². The summed E-state index contributed by atoms with van der Waals surface area (Å²) < 4.78 is 7.53. The highest BCUT2D eigenvalue weighted by atomic mass is 32.2. The molecule has 0 unspecified atom stereocenters. The van der Waals surface area contributed by atoms with Crippen molar-refractivity contribution in [3.05, 3.63) is 24.3 Å². The smallest absolute Gasteiger partial charge is 0.326 e. The molecule has 0 radical (unpaired) electrons. The average Bonchev–Trinajstić information content (AvgIpc) is 3.26. The van der Waals surface area contributed by atoms with Gasteiger partial charge in [-0.15, -0.1) is 10.2 Å². The lowest BCUT2D eigenvalue weighted by molar-refractivity contribution is -0.150. The van der Waals surface area contributed by atoms with Crippen LogP contribution in [0.2, 0.25) is 0 Å². The summed E-state index contributed by atoms with van der Waals surface area (Å²) in [7, 11) is 1.63.